The third kappa shape index (κ3) is 5.68. The summed E-state index contributed by atoms with van der Waals surface area (Å²) in [6, 6.07) is 15.5. The van der Waals surface area contributed by atoms with Gasteiger partial charge in [-0.25, -0.2) is 0 Å². The van der Waals surface area contributed by atoms with E-state index in [1.165, 1.54) is 11.3 Å². The maximum Gasteiger partial charge on any atom is 0.294 e. The summed E-state index contributed by atoms with van der Waals surface area (Å²) in [7, 11) is 3.65. The van der Waals surface area contributed by atoms with Gasteiger partial charge in [0, 0.05) is 18.7 Å². The number of aromatic nitrogens is 2. The van der Waals surface area contributed by atoms with Crippen LogP contribution < -0.4 is 9.47 Å². The van der Waals surface area contributed by atoms with Gasteiger partial charge in [-0.05, 0) is 37.6 Å². The summed E-state index contributed by atoms with van der Waals surface area (Å²) >= 11 is 1.47. The predicted octanol–water partition coefficient (Wildman–Crippen LogP) is 3.86. The van der Waals surface area contributed by atoms with Crippen LogP contribution in [-0.4, -0.2) is 54.1 Å². The second kappa shape index (κ2) is 10.1. The number of benzene rings is 2. The first-order chi connectivity index (χ1) is 13.7. The molecule has 0 atom stereocenters. The fourth-order valence-electron chi connectivity index (χ4n) is 2.77. The maximum absolute atomic E-state index is 9.66. The molecule has 0 radical (unpaired) electrons. The Kier molecular flexibility index (Phi) is 7.22. The van der Waals surface area contributed by atoms with E-state index in [9.17, 15) is 5.11 Å². The highest BCUT2D eigenvalue weighted by Gasteiger charge is 2.08. The molecule has 3 aromatic rings. The summed E-state index contributed by atoms with van der Waals surface area (Å²) in [6.07, 6.45) is 1.81. The first kappa shape index (κ1) is 20.1. The van der Waals surface area contributed by atoms with Crippen LogP contribution in [0.1, 0.15) is 12.0 Å². The number of hydrogen-bond donors (Lipinski definition) is 1. The van der Waals surface area contributed by atoms with Crippen molar-refractivity contribution in [2.75, 3.05) is 33.9 Å². The average molecular weight is 400 g/mol. The number of ether oxygens (including phenoxy) is 2. The highest BCUT2D eigenvalue weighted by Crippen LogP contribution is 2.28. The molecular weight excluding hydrogens is 374 g/mol. The third-order valence-electron chi connectivity index (χ3n) is 4.36. The van der Waals surface area contributed by atoms with Crippen molar-refractivity contribution in [1.82, 2.24) is 15.1 Å². The van der Waals surface area contributed by atoms with E-state index in [0.29, 0.717) is 17.6 Å². The molecular formula is C21H25N3O3S. The average Bonchev–Trinajstić information content (AvgIpc) is 3.20. The molecule has 3 rings (SSSR count). The van der Waals surface area contributed by atoms with Crippen LogP contribution in [0.25, 0.3) is 10.6 Å². The Balaban J connectivity index is 1.37. The van der Waals surface area contributed by atoms with E-state index in [0.717, 1.165) is 42.1 Å². The van der Waals surface area contributed by atoms with E-state index in [1.54, 1.807) is 13.2 Å². The topological polar surface area (TPSA) is 67.7 Å². The van der Waals surface area contributed by atoms with Gasteiger partial charge in [-0.1, -0.05) is 52.8 Å². The molecule has 0 unspecified atom stereocenters. The molecule has 0 bridgehead atoms. The van der Waals surface area contributed by atoms with Gasteiger partial charge in [0.05, 0.1) is 13.7 Å². The molecule has 1 aromatic heterocycles. The lowest BCUT2D eigenvalue weighted by Crippen LogP contribution is -2.23. The smallest absolute Gasteiger partial charge is 0.294 e. The SMILES string of the molecule is COc1cc(CCN(C)CCCOc2nnc(-c3ccccc3)s2)ccc1O. The normalized spacial score (nSPS) is 11.0. The molecule has 1 N–H and O–H groups in total. The lowest BCUT2D eigenvalue weighted by Gasteiger charge is -2.16. The Morgan fingerprint density at radius 2 is 1.89 bits per heavy atom. The van der Waals surface area contributed by atoms with Gasteiger partial charge in [-0.15, -0.1) is 5.10 Å². The van der Waals surface area contributed by atoms with Crippen molar-refractivity contribution in [1.29, 1.82) is 0 Å². The Hall–Kier alpha value is -2.64. The van der Waals surface area contributed by atoms with Crippen LogP contribution in [0.15, 0.2) is 48.5 Å². The van der Waals surface area contributed by atoms with Gasteiger partial charge in [-0.2, -0.15) is 0 Å². The minimum Gasteiger partial charge on any atom is -0.504 e. The highest BCUT2D eigenvalue weighted by atomic mass is 32.1. The van der Waals surface area contributed by atoms with Gasteiger partial charge in [0.1, 0.15) is 0 Å². The second-order valence-corrected chi connectivity index (χ2v) is 7.44. The van der Waals surface area contributed by atoms with Gasteiger partial charge < -0.3 is 19.5 Å². The van der Waals surface area contributed by atoms with E-state index in [1.807, 2.05) is 42.5 Å². The number of methoxy groups -OCH3 is 1. The number of nitrogens with zero attached hydrogens (tertiary/aromatic N) is 3. The van der Waals surface area contributed by atoms with Crippen molar-refractivity contribution >= 4 is 11.3 Å². The number of likely N-dealkylation sites (N-methyl/N-ethyl adjacent to an activating group) is 1. The Bertz CT molecular complexity index is 870. The van der Waals surface area contributed by atoms with Gasteiger partial charge >= 0.3 is 0 Å². The minimum atomic E-state index is 0.170. The minimum absolute atomic E-state index is 0.170. The first-order valence-electron chi connectivity index (χ1n) is 9.22. The van der Waals surface area contributed by atoms with Crippen molar-refractivity contribution in [3.05, 3.63) is 54.1 Å². The first-order valence-corrected chi connectivity index (χ1v) is 10.0. The third-order valence-corrected chi connectivity index (χ3v) is 5.25. The zero-order valence-electron chi connectivity index (χ0n) is 16.2. The van der Waals surface area contributed by atoms with Crippen LogP contribution in [0.4, 0.5) is 0 Å². The Morgan fingerprint density at radius 1 is 1.07 bits per heavy atom. The van der Waals surface area contributed by atoms with E-state index < -0.39 is 0 Å². The molecule has 2 aromatic carbocycles. The van der Waals surface area contributed by atoms with Crippen molar-refractivity contribution in [2.45, 2.75) is 12.8 Å². The van der Waals surface area contributed by atoms with Crippen LogP contribution in [0.5, 0.6) is 16.7 Å². The molecule has 1 heterocycles. The van der Waals surface area contributed by atoms with Crippen molar-refractivity contribution in [3.8, 4) is 27.3 Å². The summed E-state index contributed by atoms with van der Waals surface area (Å²) in [5, 5.41) is 19.4. The van der Waals surface area contributed by atoms with E-state index in [4.69, 9.17) is 9.47 Å². The fraction of sp³-hybridized carbons (Fsp3) is 0.333. The largest absolute Gasteiger partial charge is 0.504 e. The summed E-state index contributed by atoms with van der Waals surface area (Å²) in [4.78, 5) is 2.26. The Morgan fingerprint density at radius 3 is 2.68 bits per heavy atom. The maximum atomic E-state index is 9.66. The molecule has 0 aliphatic carbocycles. The van der Waals surface area contributed by atoms with Gasteiger partial charge in [0.2, 0.25) is 0 Å². The van der Waals surface area contributed by atoms with Gasteiger partial charge in [0.15, 0.2) is 16.5 Å². The zero-order chi connectivity index (χ0) is 19.8. The molecule has 0 saturated heterocycles. The quantitative estimate of drug-likeness (QED) is 0.522. The van der Waals surface area contributed by atoms with Crippen molar-refractivity contribution < 1.29 is 14.6 Å². The number of phenolic OH excluding ortho intramolecular Hbond substituents is 1. The Labute approximate surface area is 169 Å². The number of rotatable bonds is 10. The standard InChI is InChI=1S/C21H25N3O3S/c1-24(13-11-16-9-10-18(25)19(15-16)26-2)12-6-14-27-21-23-22-20(28-21)17-7-4-3-5-8-17/h3-5,7-10,15,25H,6,11-14H2,1-2H3. The van der Waals surface area contributed by atoms with E-state index in [-0.39, 0.29) is 5.75 Å². The van der Waals surface area contributed by atoms with Crippen LogP contribution >= 0.6 is 11.3 Å². The second-order valence-electron chi connectivity index (χ2n) is 6.50. The van der Waals surface area contributed by atoms with Gasteiger partial charge in [-0.3, -0.25) is 0 Å². The summed E-state index contributed by atoms with van der Waals surface area (Å²) in [5.74, 6) is 0.685. The molecule has 6 nitrogen and oxygen atoms in total. The fourth-order valence-corrected chi connectivity index (χ4v) is 3.49. The molecule has 0 saturated carbocycles. The van der Waals surface area contributed by atoms with E-state index in [2.05, 4.69) is 22.1 Å². The van der Waals surface area contributed by atoms with E-state index >= 15 is 0 Å². The van der Waals surface area contributed by atoms with Crippen LogP contribution in [0, 0.1) is 0 Å². The lowest BCUT2D eigenvalue weighted by molar-refractivity contribution is 0.262. The monoisotopic (exact) mass is 399 g/mol. The van der Waals surface area contributed by atoms with Crippen LogP contribution in [-0.2, 0) is 6.42 Å². The summed E-state index contributed by atoms with van der Waals surface area (Å²) < 4.78 is 10.9. The van der Waals surface area contributed by atoms with Crippen LogP contribution in [0.2, 0.25) is 0 Å². The predicted molar refractivity (Wildman–Crippen MR) is 111 cm³/mol. The van der Waals surface area contributed by atoms with Crippen LogP contribution in [0.3, 0.4) is 0 Å². The van der Waals surface area contributed by atoms with Crippen molar-refractivity contribution in [3.63, 3.8) is 0 Å². The highest BCUT2D eigenvalue weighted by molar-refractivity contribution is 7.16. The zero-order valence-corrected chi connectivity index (χ0v) is 17.0. The molecule has 28 heavy (non-hydrogen) atoms. The summed E-state index contributed by atoms with van der Waals surface area (Å²) in [6.45, 7) is 2.46. The molecule has 7 heteroatoms. The molecule has 148 valence electrons. The number of hydrogen-bond acceptors (Lipinski definition) is 7. The van der Waals surface area contributed by atoms with Gasteiger partial charge in [0.25, 0.3) is 5.19 Å². The summed E-state index contributed by atoms with van der Waals surface area (Å²) in [5.41, 5.74) is 2.19. The number of aromatic hydroxyl groups is 1. The molecule has 0 spiro atoms. The molecule has 0 aliphatic heterocycles. The van der Waals surface area contributed by atoms with Crippen molar-refractivity contribution in [2.24, 2.45) is 0 Å². The number of phenols is 1. The molecule has 0 aliphatic rings. The molecule has 0 fully saturated rings. The molecule has 0 amide bonds. The lowest BCUT2D eigenvalue weighted by atomic mass is 10.1.